The minimum absolute atomic E-state index is 0.252. The Labute approximate surface area is 151 Å². The number of carbonyl (C=O) groups excluding carboxylic acids is 1. The van der Waals surface area contributed by atoms with Crippen molar-refractivity contribution in [1.29, 1.82) is 0 Å². The van der Waals surface area contributed by atoms with Crippen LogP contribution in [-0.2, 0) is 0 Å². The van der Waals surface area contributed by atoms with Gasteiger partial charge in [0.1, 0.15) is 22.8 Å². The molecule has 1 amide bonds. The highest BCUT2D eigenvalue weighted by atomic mass is 79.9. The van der Waals surface area contributed by atoms with Gasteiger partial charge in [-0.1, -0.05) is 5.16 Å². The summed E-state index contributed by atoms with van der Waals surface area (Å²) in [6, 6.07) is 11.0. The van der Waals surface area contributed by atoms with E-state index in [1.807, 2.05) is 31.2 Å². The van der Waals surface area contributed by atoms with Gasteiger partial charge in [0.15, 0.2) is 0 Å². The molecule has 0 radical (unpaired) electrons. The molecule has 0 fully saturated rings. The average molecular weight is 407 g/mol. The zero-order chi connectivity index (χ0) is 17.1. The van der Waals surface area contributed by atoms with Crippen LogP contribution in [0.15, 0.2) is 44.7 Å². The van der Waals surface area contributed by atoms with Crippen molar-refractivity contribution in [1.82, 2.24) is 5.16 Å². The van der Waals surface area contributed by atoms with Crippen LogP contribution in [0, 0.1) is 6.92 Å². The monoisotopic (exact) mass is 406 g/mol. The minimum atomic E-state index is -0.252. The summed E-state index contributed by atoms with van der Waals surface area (Å²) in [5, 5.41) is 6.90. The molecule has 5 nitrogen and oxygen atoms in total. The summed E-state index contributed by atoms with van der Waals surface area (Å²) >= 11 is 4.92. The predicted molar refractivity (Wildman–Crippen MR) is 97.8 cm³/mol. The molecule has 1 N–H and O–H groups in total. The van der Waals surface area contributed by atoms with Crippen LogP contribution in [0.1, 0.15) is 23.0 Å². The van der Waals surface area contributed by atoms with E-state index in [1.54, 1.807) is 19.1 Å². The summed E-state index contributed by atoms with van der Waals surface area (Å²) in [4.78, 5) is 13.5. The van der Waals surface area contributed by atoms with Gasteiger partial charge in [0, 0.05) is 5.69 Å². The number of nitrogens with zero attached hydrogens (tertiary/aromatic N) is 1. The van der Waals surface area contributed by atoms with Crippen LogP contribution in [0.5, 0.6) is 5.75 Å². The number of halogens is 1. The second kappa shape index (κ2) is 7.19. The Morgan fingerprint density at radius 2 is 2.04 bits per heavy atom. The van der Waals surface area contributed by atoms with E-state index in [9.17, 15) is 4.79 Å². The fraction of sp³-hybridized carbons (Fsp3) is 0.176. The van der Waals surface area contributed by atoms with E-state index >= 15 is 0 Å². The molecule has 0 saturated heterocycles. The molecule has 124 valence electrons. The molecule has 0 atom stereocenters. The van der Waals surface area contributed by atoms with Crippen molar-refractivity contribution in [3.63, 3.8) is 0 Å². The van der Waals surface area contributed by atoms with Crippen LogP contribution in [0.3, 0.4) is 0 Å². The number of nitrogens with one attached hydrogen (secondary N) is 1. The molecule has 24 heavy (non-hydrogen) atoms. The highest BCUT2D eigenvalue weighted by Gasteiger charge is 2.22. The number of thiophene rings is 1. The summed E-state index contributed by atoms with van der Waals surface area (Å²) < 4.78 is 11.6. The Morgan fingerprint density at radius 1 is 1.29 bits per heavy atom. The van der Waals surface area contributed by atoms with Crippen molar-refractivity contribution in [2.75, 3.05) is 11.9 Å². The lowest BCUT2D eigenvalue weighted by Gasteiger charge is -2.07. The SMILES string of the molecule is CCOc1ccc(NC(=O)c2c(-c3ccc(Br)s3)noc2C)cc1. The fourth-order valence-corrected chi connectivity index (χ4v) is 3.62. The van der Waals surface area contributed by atoms with Crippen LogP contribution in [0.2, 0.25) is 0 Å². The third kappa shape index (κ3) is 3.52. The van der Waals surface area contributed by atoms with E-state index < -0.39 is 0 Å². The number of hydrogen-bond acceptors (Lipinski definition) is 5. The van der Waals surface area contributed by atoms with Crippen LogP contribution in [0.25, 0.3) is 10.6 Å². The first kappa shape index (κ1) is 16.7. The third-order valence-electron chi connectivity index (χ3n) is 3.32. The number of aryl methyl sites for hydroxylation is 1. The molecule has 0 aliphatic heterocycles. The molecule has 2 heterocycles. The van der Waals surface area contributed by atoms with E-state index in [0.29, 0.717) is 29.3 Å². The zero-order valence-electron chi connectivity index (χ0n) is 13.1. The van der Waals surface area contributed by atoms with Crippen molar-refractivity contribution in [2.45, 2.75) is 13.8 Å². The quantitative estimate of drug-likeness (QED) is 0.637. The molecule has 2 aromatic heterocycles. The maximum absolute atomic E-state index is 12.7. The number of anilines is 1. The lowest BCUT2D eigenvalue weighted by molar-refractivity contribution is 0.102. The molecule has 7 heteroatoms. The molecule has 3 aromatic rings. The second-order valence-electron chi connectivity index (χ2n) is 4.98. The molecule has 1 aromatic carbocycles. The third-order valence-corrected chi connectivity index (χ3v) is 4.95. The number of aromatic nitrogens is 1. The van der Waals surface area contributed by atoms with Gasteiger partial charge in [0.2, 0.25) is 0 Å². The van der Waals surface area contributed by atoms with Gasteiger partial charge in [-0.2, -0.15) is 0 Å². The first-order chi connectivity index (χ1) is 11.6. The molecular formula is C17H15BrN2O3S. The van der Waals surface area contributed by atoms with Crippen LogP contribution < -0.4 is 10.1 Å². The summed E-state index contributed by atoms with van der Waals surface area (Å²) in [5.74, 6) is 0.996. The number of ether oxygens (including phenoxy) is 1. The van der Waals surface area contributed by atoms with Gasteiger partial charge in [0.05, 0.1) is 15.3 Å². The van der Waals surface area contributed by atoms with E-state index in [4.69, 9.17) is 9.26 Å². The van der Waals surface area contributed by atoms with Crippen molar-refractivity contribution in [3.05, 3.63) is 51.5 Å². The molecule has 0 aliphatic rings. The molecule has 0 unspecified atom stereocenters. The Kier molecular flexibility index (Phi) is 5.01. The molecule has 0 bridgehead atoms. The number of hydrogen-bond donors (Lipinski definition) is 1. The number of amides is 1. The standard InChI is InChI=1S/C17H15BrN2O3S/c1-3-22-12-6-4-11(5-7-12)19-17(21)15-10(2)23-20-16(15)13-8-9-14(18)24-13/h4-9H,3H2,1-2H3,(H,19,21). The zero-order valence-corrected chi connectivity index (χ0v) is 15.5. The van der Waals surface area contributed by atoms with E-state index in [-0.39, 0.29) is 5.91 Å². The van der Waals surface area contributed by atoms with Crippen molar-refractivity contribution < 1.29 is 14.1 Å². The van der Waals surface area contributed by atoms with Gasteiger partial charge >= 0.3 is 0 Å². The topological polar surface area (TPSA) is 64.4 Å². The van der Waals surface area contributed by atoms with Crippen LogP contribution in [-0.4, -0.2) is 17.7 Å². The molecular weight excluding hydrogens is 392 g/mol. The second-order valence-corrected chi connectivity index (χ2v) is 7.44. The highest BCUT2D eigenvalue weighted by molar-refractivity contribution is 9.11. The van der Waals surface area contributed by atoms with Crippen molar-refractivity contribution in [3.8, 4) is 16.3 Å². The summed E-state index contributed by atoms with van der Waals surface area (Å²) in [6.07, 6.45) is 0. The van der Waals surface area contributed by atoms with Crippen molar-refractivity contribution in [2.24, 2.45) is 0 Å². The van der Waals surface area contributed by atoms with Gasteiger partial charge in [-0.3, -0.25) is 4.79 Å². The Morgan fingerprint density at radius 3 is 2.67 bits per heavy atom. The molecule has 0 aliphatic carbocycles. The van der Waals surface area contributed by atoms with Gasteiger partial charge in [0.25, 0.3) is 5.91 Å². The summed E-state index contributed by atoms with van der Waals surface area (Å²) in [6.45, 7) is 4.26. The predicted octanol–water partition coefficient (Wildman–Crippen LogP) is 5.13. The maximum atomic E-state index is 12.7. The Bertz CT molecular complexity index is 855. The van der Waals surface area contributed by atoms with Gasteiger partial charge in [-0.15, -0.1) is 11.3 Å². The van der Waals surface area contributed by atoms with Gasteiger partial charge < -0.3 is 14.6 Å². The summed E-state index contributed by atoms with van der Waals surface area (Å²) in [5.41, 5.74) is 1.67. The molecule has 0 saturated carbocycles. The van der Waals surface area contributed by atoms with Gasteiger partial charge in [-0.25, -0.2) is 0 Å². The minimum Gasteiger partial charge on any atom is -0.494 e. The van der Waals surface area contributed by atoms with Gasteiger partial charge in [-0.05, 0) is 66.2 Å². The van der Waals surface area contributed by atoms with Crippen LogP contribution in [0.4, 0.5) is 5.69 Å². The average Bonchev–Trinajstić information content (AvgIpc) is 3.15. The number of rotatable bonds is 5. The normalized spacial score (nSPS) is 10.6. The maximum Gasteiger partial charge on any atom is 0.261 e. The lowest BCUT2D eigenvalue weighted by Crippen LogP contribution is -2.13. The Balaban J connectivity index is 1.84. The highest BCUT2D eigenvalue weighted by Crippen LogP contribution is 2.34. The fourth-order valence-electron chi connectivity index (χ4n) is 2.24. The first-order valence-electron chi connectivity index (χ1n) is 7.34. The number of benzene rings is 1. The van der Waals surface area contributed by atoms with E-state index in [2.05, 4.69) is 26.4 Å². The van der Waals surface area contributed by atoms with E-state index in [0.717, 1.165) is 14.4 Å². The lowest BCUT2D eigenvalue weighted by atomic mass is 10.1. The molecule has 3 rings (SSSR count). The molecule has 0 spiro atoms. The van der Waals surface area contributed by atoms with Crippen molar-refractivity contribution >= 4 is 38.9 Å². The Hall–Kier alpha value is -2.12. The largest absolute Gasteiger partial charge is 0.494 e. The number of carbonyl (C=O) groups is 1. The van der Waals surface area contributed by atoms with E-state index in [1.165, 1.54) is 11.3 Å². The summed E-state index contributed by atoms with van der Waals surface area (Å²) in [7, 11) is 0. The first-order valence-corrected chi connectivity index (χ1v) is 8.95. The van der Waals surface area contributed by atoms with Crippen LogP contribution >= 0.6 is 27.3 Å². The smallest absolute Gasteiger partial charge is 0.261 e.